The van der Waals surface area contributed by atoms with Crippen molar-refractivity contribution in [1.29, 1.82) is 0 Å². The maximum atomic E-state index is 4.57. The third-order valence-corrected chi connectivity index (χ3v) is 4.38. The van der Waals surface area contributed by atoms with Crippen LogP contribution in [0.25, 0.3) is 0 Å². The summed E-state index contributed by atoms with van der Waals surface area (Å²) in [4.78, 5) is 8.83. The fraction of sp³-hybridized carbons (Fsp3) is 0.412. The first-order chi connectivity index (χ1) is 10.7. The molecule has 0 atom stereocenters. The minimum Gasteiger partial charge on any atom is -0.356 e. The molecule has 1 heterocycles. The van der Waals surface area contributed by atoms with E-state index in [-0.39, 0.29) is 24.0 Å². The highest BCUT2D eigenvalue weighted by Crippen LogP contribution is 2.10. The number of halogens is 1. The lowest BCUT2D eigenvalue weighted by atomic mass is 10.1. The Morgan fingerprint density at radius 1 is 1.30 bits per heavy atom. The van der Waals surface area contributed by atoms with Crippen molar-refractivity contribution in [2.45, 2.75) is 33.2 Å². The number of hydrogen-bond donors (Lipinski definition) is 2. The van der Waals surface area contributed by atoms with Gasteiger partial charge in [0.2, 0.25) is 0 Å². The summed E-state index contributed by atoms with van der Waals surface area (Å²) in [6, 6.07) is 8.49. The van der Waals surface area contributed by atoms with Gasteiger partial charge in [-0.15, -0.1) is 35.3 Å². The first kappa shape index (κ1) is 19.9. The molecule has 0 amide bonds. The maximum absolute atomic E-state index is 4.57. The first-order valence-corrected chi connectivity index (χ1v) is 8.52. The molecular formula is C17H25IN4S. The molecule has 23 heavy (non-hydrogen) atoms. The van der Waals surface area contributed by atoms with Gasteiger partial charge in [-0.2, -0.15) is 0 Å². The van der Waals surface area contributed by atoms with Crippen LogP contribution in [0, 0.1) is 6.92 Å². The van der Waals surface area contributed by atoms with Gasteiger partial charge >= 0.3 is 0 Å². The number of nitrogens with one attached hydrogen (secondary N) is 2. The second-order valence-electron chi connectivity index (χ2n) is 5.18. The standard InChI is InChI=1S/C17H24N4S.HI/c1-4-16-21-15(12-22-16)8-9-19-17(18-3)20-11-14-7-5-6-13(2)10-14;/h5-7,10,12H,4,8-9,11H2,1-3H3,(H2,18,19,20);1H. The molecule has 0 spiro atoms. The lowest BCUT2D eigenvalue weighted by Crippen LogP contribution is -2.37. The van der Waals surface area contributed by atoms with Crippen LogP contribution in [-0.2, 0) is 19.4 Å². The zero-order valence-electron chi connectivity index (χ0n) is 13.9. The van der Waals surface area contributed by atoms with Crippen LogP contribution in [-0.4, -0.2) is 24.5 Å². The van der Waals surface area contributed by atoms with Gasteiger partial charge in [0.25, 0.3) is 0 Å². The molecule has 6 heteroatoms. The van der Waals surface area contributed by atoms with Crippen LogP contribution in [0.1, 0.15) is 28.8 Å². The highest BCUT2D eigenvalue weighted by atomic mass is 127. The van der Waals surface area contributed by atoms with E-state index in [9.17, 15) is 0 Å². The zero-order chi connectivity index (χ0) is 15.8. The molecule has 0 bridgehead atoms. The number of rotatable bonds is 6. The summed E-state index contributed by atoms with van der Waals surface area (Å²) in [5.74, 6) is 0.826. The van der Waals surface area contributed by atoms with Crippen LogP contribution in [0.2, 0.25) is 0 Å². The molecule has 2 aromatic rings. The first-order valence-electron chi connectivity index (χ1n) is 7.64. The largest absolute Gasteiger partial charge is 0.356 e. The molecule has 0 radical (unpaired) electrons. The van der Waals surface area contributed by atoms with Crippen LogP contribution in [0.5, 0.6) is 0 Å². The van der Waals surface area contributed by atoms with Gasteiger partial charge in [-0.3, -0.25) is 4.99 Å². The lowest BCUT2D eigenvalue weighted by molar-refractivity contribution is 0.784. The number of guanidine groups is 1. The summed E-state index contributed by atoms with van der Waals surface area (Å²) in [6.45, 7) is 5.85. The Morgan fingerprint density at radius 2 is 2.13 bits per heavy atom. The van der Waals surface area contributed by atoms with Gasteiger partial charge in [0.05, 0.1) is 10.7 Å². The highest BCUT2D eigenvalue weighted by molar-refractivity contribution is 14.0. The molecule has 0 unspecified atom stereocenters. The fourth-order valence-corrected chi connectivity index (χ4v) is 2.94. The van der Waals surface area contributed by atoms with Gasteiger partial charge in [-0.1, -0.05) is 36.8 Å². The Kier molecular flexibility index (Phi) is 9.16. The third kappa shape index (κ3) is 6.87. The molecule has 0 aliphatic carbocycles. The quantitative estimate of drug-likeness (QED) is 0.407. The molecule has 0 aliphatic rings. The van der Waals surface area contributed by atoms with Crippen LogP contribution in [0.4, 0.5) is 0 Å². The van der Waals surface area contributed by atoms with E-state index in [0.717, 1.165) is 37.6 Å². The average molecular weight is 444 g/mol. The highest BCUT2D eigenvalue weighted by Gasteiger charge is 2.02. The molecule has 1 aromatic heterocycles. The second kappa shape index (κ2) is 10.6. The number of hydrogen-bond acceptors (Lipinski definition) is 3. The number of thiazole rings is 1. The van der Waals surface area contributed by atoms with Gasteiger partial charge in [-0.25, -0.2) is 4.98 Å². The monoisotopic (exact) mass is 444 g/mol. The van der Waals surface area contributed by atoms with Crippen molar-refractivity contribution in [1.82, 2.24) is 15.6 Å². The minimum absolute atomic E-state index is 0. The van der Waals surface area contributed by atoms with Crippen molar-refractivity contribution >= 4 is 41.3 Å². The van der Waals surface area contributed by atoms with Crippen molar-refractivity contribution in [2.24, 2.45) is 4.99 Å². The van der Waals surface area contributed by atoms with Gasteiger partial charge in [0.1, 0.15) is 0 Å². The van der Waals surface area contributed by atoms with Gasteiger partial charge < -0.3 is 10.6 Å². The summed E-state index contributed by atoms with van der Waals surface area (Å²) >= 11 is 1.74. The number of aliphatic imine (C=N–C) groups is 1. The maximum Gasteiger partial charge on any atom is 0.191 e. The van der Waals surface area contributed by atoms with E-state index in [1.165, 1.54) is 16.1 Å². The summed E-state index contributed by atoms with van der Waals surface area (Å²) in [7, 11) is 1.80. The van der Waals surface area contributed by atoms with Crippen LogP contribution < -0.4 is 10.6 Å². The molecule has 0 fully saturated rings. The van der Waals surface area contributed by atoms with E-state index in [1.807, 2.05) is 0 Å². The van der Waals surface area contributed by atoms with Crippen molar-refractivity contribution in [2.75, 3.05) is 13.6 Å². The fourth-order valence-electron chi connectivity index (χ4n) is 2.16. The van der Waals surface area contributed by atoms with Crippen molar-refractivity contribution in [3.05, 3.63) is 51.5 Å². The molecule has 126 valence electrons. The van der Waals surface area contributed by atoms with E-state index in [1.54, 1.807) is 18.4 Å². The average Bonchev–Trinajstić information content (AvgIpc) is 2.98. The minimum atomic E-state index is 0. The van der Waals surface area contributed by atoms with E-state index >= 15 is 0 Å². The smallest absolute Gasteiger partial charge is 0.191 e. The van der Waals surface area contributed by atoms with E-state index in [2.05, 4.69) is 64.1 Å². The molecule has 0 aliphatic heterocycles. The van der Waals surface area contributed by atoms with Crippen LogP contribution in [0.3, 0.4) is 0 Å². The molecular weight excluding hydrogens is 419 g/mol. The zero-order valence-corrected chi connectivity index (χ0v) is 17.1. The predicted molar refractivity (Wildman–Crippen MR) is 110 cm³/mol. The molecule has 0 saturated heterocycles. The molecule has 2 rings (SSSR count). The summed E-state index contributed by atoms with van der Waals surface area (Å²) in [5, 5.41) is 10.0. The van der Waals surface area contributed by atoms with Gasteiger partial charge in [0.15, 0.2) is 5.96 Å². The van der Waals surface area contributed by atoms with E-state index in [4.69, 9.17) is 0 Å². The van der Waals surface area contributed by atoms with Crippen LogP contribution in [0.15, 0.2) is 34.6 Å². The Hall–Kier alpha value is -1.15. The summed E-state index contributed by atoms with van der Waals surface area (Å²) < 4.78 is 0. The van der Waals surface area contributed by atoms with Gasteiger partial charge in [-0.05, 0) is 18.9 Å². The predicted octanol–water partition coefficient (Wildman–Crippen LogP) is 3.54. The molecule has 4 nitrogen and oxygen atoms in total. The van der Waals surface area contributed by atoms with Crippen molar-refractivity contribution in [3.63, 3.8) is 0 Å². The molecule has 1 aromatic carbocycles. The van der Waals surface area contributed by atoms with Crippen LogP contribution >= 0.6 is 35.3 Å². The van der Waals surface area contributed by atoms with E-state index < -0.39 is 0 Å². The third-order valence-electron chi connectivity index (χ3n) is 3.34. The topological polar surface area (TPSA) is 49.3 Å². The Labute approximate surface area is 159 Å². The Bertz CT molecular complexity index is 625. The van der Waals surface area contributed by atoms with Gasteiger partial charge in [0, 0.05) is 31.9 Å². The number of aryl methyl sites for hydroxylation is 2. The summed E-state index contributed by atoms with van der Waals surface area (Å²) in [6.07, 6.45) is 1.93. The molecule has 0 saturated carbocycles. The van der Waals surface area contributed by atoms with Crippen molar-refractivity contribution < 1.29 is 0 Å². The Morgan fingerprint density at radius 3 is 2.78 bits per heavy atom. The Balaban J connectivity index is 0.00000264. The van der Waals surface area contributed by atoms with Crippen molar-refractivity contribution in [3.8, 4) is 0 Å². The lowest BCUT2D eigenvalue weighted by Gasteiger charge is -2.11. The number of nitrogens with zero attached hydrogens (tertiary/aromatic N) is 2. The SMILES string of the molecule is CCc1nc(CCNC(=NC)NCc2cccc(C)c2)cs1.I. The second-order valence-corrected chi connectivity index (χ2v) is 6.12. The molecule has 2 N–H and O–H groups in total. The normalized spacial score (nSPS) is 11.0. The number of aromatic nitrogens is 1. The van der Waals surface area contributed by atoms with E-state index in [0.29, 0.717) is 0 Å². The summed E-state index contributed by atoms with van der Waals surface area (Å²) in [5.41, 5.74) is 3.69. The number of benzene rings is 1.